The third-order valence-corrected chi connectivity index (χ3v) is 8.57. The van der Waals surface area contributed by atoms with Crippen molar-refractivity contribution < 1.29 is 9.47 Å². The molecule has 5 atom stereocenters. The highest BCUT2D eigenvalue weighted by Gasteiger charge is 2.66. The molecule has 2 saturated carbocycles. The van der Waals surface area contributed by atoms with Gasteiger partial charge in [-0.05, 0) is 37.6 Å². The summed E-state index contributed by atoms with van der Waals surface area (Å²) in [5, 5.41) is 9.63. The molecule has 5 unspecified atom stereocenters. The first-order chi connectivity index (χ1) is 14.2. The average Bonchev–Trinajstić information content (AvgIpc) is 3.34. The van der Waals surface area contributed by atoms with Crippen molar-refractivity contribution in [2.24, 2.45) is 16.3 Å². The summed E-state index contributed by atoms with van der Waals surface area (Å²) in [6.45, 7) is 6.72. The third-order valence-electron chi connectivity index (χ3n) is 7.60. The Hall–Kier alpha value is -0.420. The van der Waals surface area contributed by atoms with Gasteiger partial charge in [-0.25, -0.2) is 0 Å². The van der Waals surface area contributed by atoms with Gasteiger partial charge in [0.15, 0.2) is 5.96 Å². The minimum atomic E-state index is 0. The summed E-state index contributed by atoms with van der Waals surface area (Å²) < 4.78 is 11.8. The van der Waals surface area contributed by atoms with Crippen molar-refractivity contribution >= 4 is 41.3 Å². The zero-order chi connectivity index (χ0) is 19.8. The molecule has 1 aromatic rings. The monoisotopic (exact) mass is 546 g/mol. The van der Waals surface area contributed by atoms with Crippen LogP contribution in [0.5, 0.6) is 0 Å². The van der Waals surface area contributed by atoms with E-state index >= 15 is 0 Å². The average molecular weight is 547 g/mol. The van der Waals surface area contributed by atoms with Crippen molar-refractivity contribution in [3.8, 4) is 0 Å². The first-order valence-electron chi connectivity index (χ1n) is 11.2. The number of morpholine rings is 1. The summed E-state index contributed by atoms with van der Waals surface area (Å²) >= 11 is 1.84. The van der Waals surface area contributed by atoms with Gasteiger partial charge in [0, 0.05) is 55.5 Å². The topological polar surface area (TPSA) is 58.1 Å². The Morgan fingerprint density at radius 1 is 1.37 bits per heavy atom. The van der Waals surface area contributed by atoms with Gasteiger partial charge in [-0.1, -0.05) is 12.5 Å². The van der Waals surface area contributed by atoms with Crippen LogP contribution in [0.1, 0.15) is 43.5 Å². The zero-order valence-electron chi connectivity index (χ0n) is 18.0. The Kier molecular flexibility index (Phi) is 7.29. The molecule has 0 bridgehead atoms. The molecule has 0 amide bonds. The molecule has 8 heteroatoms. The molecule has 1 aromatic heterocycles. The summed E-state index contributed by atoms with van der Waals surface area (Å²) in [4.78, 5) is 8.54. The number of fused-ring (bicyclic) bond motifs is 2. The molecule has 4 fully saturated rings. The number of guanidine groups is 1. The van der Waals surface area contributed by atoms with Gasteiger partial charge < -0.3 is 20.1 Å². The van der Waals surface area contributed by atoms with Crippen LogP contribution in [0.3, 0.4) is 0 Å². The van der Waals surface area contributed by atoms with Crippen molar-refractivity contribution in [1.29, 1.82) is 0 Å². The molecular formula is C22H35IN4O2S. The number of nitrogens with one attached hydrogen (secondary N) is 2. The predicted octanol–water partition coefficient (Wildman–Crippen LogP) is 3.25. The van der Waals surface area contributed by atoms with Gasteiger partial charge in [-0.15, -0.1) is 35.3 Å². The molecule has 30 heavy (non-hydrogen) atoms. The summed E-state index contributed by atoms with van der Waals surface area (Å²) in [6.07, 6.45) is 5.90. The summed E-state index contributed by atoms with van der Waals surface area (Å²) in [6, 6.07) is 5.27. The number of nitrogens with zero attached hydrogens (tertiary/aromatic N) is 2. The van der Waals surface area contributed by atoms with Crippen molar-refractivity contribution in [3.05, 3.63) is 22.4 Å². The summed E-state index contributed by atoms with van der Waals surface area (Å²) in [5.74, 6) is 1.59. The van der Waals surface area contributed by atoms with E-state index in [1.165, 1.54) is 30.6 Å². The highest BCUT2D eigenvalue weighted by atomic mass is 127. The van der Waals surface area contributed by atoms with E-state index in [1.807, 2.05) is 18.4 Å². The molecule has 0 aromatic carbocycles. The molecule has 5 rings (SSSR count). The van der Waals surface area contributed by atoms with E-state index in [2.05, 4.69) is 45.0 Å². The Bertz CT molecular complexity index is 727. The van der Waals surface area contributed by atoms with E-state index in [1.54, 1.807) is 0 Å². The van der Waals surface area contributed by atoms with E-state index in [9.17, 15) is 0 Å². The van der Waals surface area contributed by atoms with Crippen LogP contribution in [-0.2, 0) is 9.47 Å². The van der Waals surface area contributed by atoms with E-state index in [-0.39, 0.29) is 30.1 Å². The van der Waals surface area contributed by atoms with Gasteiger partial charge in [-0.2, -0.15) is 0 Å². The fourth-order valence-electron chi connectivity index (χ4n) is 6.01. The van der Waals surface area contributed by atoms with E-state index in [0.717, 1.165) is 38.8 Å². The quantitative estimate of drug-likeness (QED) is 0.338. The van der Waals surface area contributed by atoms with Crippen molar-refractivity contribution in [2.45, 2.75) is 56.9 Å². The Labute approximate surface area is 201 Å². The normalized spacial score (nSPS) is 33.7. The van der Waals surface area contributed by atoms with Crippen molar-refractivity contribution in [3.63, 3.8) is 0 Å². The van der Waals surface area contributed by atoms with Gasteiger partial charge in [0.25, 0.3) is 0 Å². The predicted molar refractivity (Wildman–Crippen MR) is 132 cm³/mol. The first-order valence-corrected chi connectivity index (χ1v) is 12.1. The van der Waals surface area contributed by atoms with Crippen LogP contribution < -0.4 is 10.6 Å². The lowest BCUT2D eigenvalue weighted by Gasteiger charge is -2.63. The van der Waals surface area contributed by atoms with Crippen LogP contribution in [0.2, 0.25) is 0 Å². The second-order valence-electron chi connectivity index (χ2n) is 9.11. The maximum absolute atomic E-state index is 6.07. The van der Waals surface area contributed by atoms with Crippen molar-refractivity contribution in [1.82, 2.24) is 15.5 Å². The zero-order valence-corrected chi connectivity index (χ0v) is 21.2. The summed E-state index contributed by atoms with van der Waals surface area (Å²) in [7, 11) is 1.89. The fourth-order valence-corrected chi connectivity index (χ4v) is 6.87. The van der Waals surface area contributed by atoms with E-state index < -0.39 is 0 Å². The van der Waals surface area contributed by atoms with E-state index in [0.29, 0.717) is 29.5 Å². The summed E-state index contributed by atoms with van der Waals surface area (Å²) in [5.41, 5.74) is 0.367. The maximum Gasteiger partial charge on any atom is 0.191 e. The molecule has 1 spiro atoms. The minimum absolute atomic E-state index is 0. The van der Waals surface area contributed by atoms with Gasteiger partial charge in [-0.3, -0.25) is 9.89 Å². The fraction of sp³-hybridized carbons (Fsp3) is 0.773. The molecule has 2 N–H and O–H groups in total. The van der Waals surface area contributed by atoms with Gasteiger partial charge >= 0.3 is 0 Å². The molecule has 6 nitrogen and oxygen atoms in total. The lowest BCUT2D eigenvalue weighted by Crippen LogP contribution is -2.72. The third kappa shape index (κ3) is 4.02. The number of hydrogen-bond donors (Lipinski definition) is 2. The van der Waals surface area contributed by atoms with Crippen LogP contribution in [0.15, 0.2) is 22.5 Å². The van der Waals surface area contributed by atoms with Crippen LogP contribution in [0, 0.1) is 11.3 Å². The SMILES string of the molecule is CN=C(NCC(c1cccs1)N1CCOC(C)C1)NC1C2CCOC2C12CCC2.I. The largest absolute Gasteiger partial charge is 0.377 e. The number of rotatable bonds is 5. The minimum Gasteiger partial charge on any atom is -0.377 e. The number of thiophene rings is 1. The lowest BCUT2D eigenvalue weighted by atomic mass is 9.46. The molecular weight excluding hydrogens is 511 g/mol. The molecule has 168 valence electrons. The molecule has 3 heterocycles. The second-order valence-corrected chi connectivity index (χ2v) is 10.1. The molecule has 2 aliphatic heterocycles. The number of aliphatic imine (C=N–C) groups is 1. The number of hydrogen-bond acceptors (Lipinski definition) is 5. The highest BCUT2D eigenvalue weighted by Crippen LogP contribution is 2.62. The Morgan fingerprint density at radius 2 is 2.23 bits per heavy atom. The standard InChI is InChI=1S/C22H34N4O2S.HI/c1-15-14-26(9-11-27-15)17(18-5-3-12-29-18)13-24-21(23-2)25-19-16-6-10-28-20(16)22(19)7-4-8-22;/h3,5,12,15-17,19-20H,4,6-11,13-14H2,1-2H3,(H2,23,24,25);1H. The molecule has 0 radical (unpaired) electrons. The molecule has 2 saturated heterocycles. The molecule has 4 aliphatic rings. The van der Waals surface area contributed by atoms with Gasteiger partial charge in [0.05, 0.1) is 24.9 Å². The van der Waals surface area contributed by atoms with Crippen LogP contribution in [-0.4, -0.2) is 69.0 Å². The molecule has 2 aliphatic carbocycles. The number of halogens is 1. The Morgan fingerprint density at radius 3 is 2.90 bits per heavy atom. The van der Waals surface area contributed by atoms with Gasteiger partial charge in [0.1, 0.15) is 0 Å². The van der Waals surface area contributed by atoms with Crippen LogP contribution in [0.25, 0.3) is 0 Å². The second kappa shape index (κ2) is 9.60. The smallest absolute Gasteiger partial charge is 0.191 e. The van der Waals surface area contributed by atoms with E-state index in [4.69, 9.17) is 9.47 Å². The first kappa shape index (κ1) is 22.8. The van der Waals surface area contributed by atoms with Gasteiger partial charge in [0.2, 0.25) is 0 Å². The van der Waals surface area contributed by atoms with Crippen LogP contribution >= 0.6 is 35.3 Å². The lowest BCUT2D eigenvalue weighted by molar-refractivity contribution is -0.171. The highest BCUT2D eigenvalue weighted by molar-refractivity contribution is 14.0. The maximum atomic E-state index is 6.07. The van der Waals surface area contributed by atoms with Crippen molar-refractivity contribution in [2.75, 3.05) is 39.9 Å². The Balaban J connectivity index is 0.00000218. The van der Waals surface area contributed by atoms with Crippen LogP contribution in [0.4, 0.5) is 0 Å². The number of ether oxygens (including phenoxy) is 2.